The second-order valence-corrected chi connectivity index (χ2v) is 14.1. The number of nitro benzene ring substituents is 1. The minimum absolute atomic E-state index is 0.0134. The molecule has 1 aliphatic heterocycles. The number of anilines is 1. The third kappa shape index (κ3) is 8.46. The Labute approximate surface area is 304 Å². The molecule has 2 amide bonds. The van der Waals surface area contributed by atoms with E-state index in [0.717, 1.165) is 21.9 Å². The molecule has 25 heteroatoms. The van der Waals surface area contributed by atoms with Crippen LogP contribution in [0, 0.1) is 10.1 Å². The largest absolute Gasteiger partial charge is 0.480 e. The van der Waals surface area contributed by atoms with Gasteiger partial charge in [0.2, 0.25) is 23.0 Å². The van der Waals surface area contributed by atoms with E-state index in [1.165, 1.54) is 12.1 Å². The first-order valence-electron chi connectivity index (χ1n) is 14.8. The minimum Gasteiger partial charge on any atom is -0.480 e. The molecule has 0 saturated carbocycles. The van der Waals surface area contributed by atoms with Crippen LogP contribution in [0.3, 0.4) is 0 Å². The Balaban J connectivity index is 1.09. The maximum atomic E-state index is 13.3. The number of nitro groups is 1. The average molecular weight is 791 g/mol. The van der Waals surface area contributed by atoms with Crippen molar-refractivity contribution in [2.24, 2.45) is 0 Å². The van der Waals surface area contributed by atoms with Crippen LogP contribution in [0.5, 0.6) is 11.5 Å². The number of fused-ring (bicyclic) bond motifs is 2. The molecule has 4 N–H and O–H groups in total. The zero-order valence-electron chi connectivity index (χ0n) is 26.5. The lowest BCUT2D eigenvalue weighted by Crippen LogP contribution is -2.42. The van der Waals surface area contributed by atoms with Gasteiger partial charge in [0.15, 0.2) is 27.7 Å². The van der Waals surface area contributed by atoms with Crippen molar-refractivity contribution >= 4 is 73.7 Å². The van der Waals surface area contributed by atoms with Crippen molar-refractivity contribution in [2.75, 3.05) is 31.7 Å². The van der Waals surface area contributed by atoms with Crippen molar-refractivity contribution in [2.45, 2.75) is 17.5 Å². The summed E-state index contributed by atoms with van der Waals surface area (Å²) in [6.45, 7) is -2.40. The van der Waals surface area contributed by atoms with E-state index in [2.05, 4.69) is 35.2 Å². The number of benzene rings is 2. The van der Waals surface area contributed by atoms with E-state index >= 15 is 0 Å². The molecule has 3 aromatic heterocycles. The van der Waals surface area contributed by atoms with Crippen LogP contribution in [0.15, 0.2) is 51.9 Å². The Morgan fingerprint density at radius 3 is 2.74 bits per heavy atom. The standard InChI is InChI=1S/C28H23ClN10O12S2/c29-15-2-3-16(17(8-15)39(45)46)25-35-36-28(52-25)53(47,48)31-5-6-37(10-21(41)42)20(40)9-38-12-30-22-23(38)32-26(33-24(22)43)34-27(44)49-11-14-1-4-18-19(7-14)51-13-50-18/h1-4,7-8,12,31H,5-6,9-11,13H2,(H,41,42)(H2,32,33,34,43,44). The van der Waals surface area contributed by atoms with Gasteiger partial charge in [-0.15, -0.1) is 10.2 Å². The van der Waals surface area contributed by atoms with Crippen molar-refractivity contribution in [3.63, 3.8) is 0 Å². The summed E-state index contributed by atoms with van der Waals surface area (Å²) in [7, 11) is -4.36. The smallest absolute Gasteiger partial charge is 0.414 e. The Morgan fingerprint density at radius 1 is 1.17 bits per heavy atom. The zero-order chi connectivity index (χ0) is 37.9. The lowest BCUT2D eigenvalue weighted by Gasteiger charge is -2.21. The first kappa shape index (κ1) is 36.5. The van der Waals surface area contributed by atoms with Gasteiger partial charge in [-0.25, -0.2) is 22.9 Å². The van der Waals surface area contributed by atoms with Crippen molar-refractivity contribution in [1.82, 2.24) is 39.3 Å². The van der Waals surface area contributed by atoms with Gasteiger partial charge in [0.1, 0.15) is 19.7 Å². The van der Waals surface area contributed by atoms with Crippen LogP contribution < -0.4 is 25.1 Å². The molecule has 2 aromatic carbocycles. The van der Waals surface area contributed by atoms with Gasteiger partial charge in [-0.1, -0.05) is 29.0 Å². The number of amides is 2. The number of aliphatic carboxylic acids is 1. The number of carboxylic acids is 1. The Morgan fingerprint density at radius 2 is 1.96 bits per heavy atom. The van der Waals surface area contributed by atoms with Crippen molar-refractivity contribution < 1.29 is 47.0 Å². The second kappa shape index (κ2) is 15.2. The summed E-state index contributed by atoms with van der Waals surface area (Å²) < 4.78 is 44.4. The summed E-state index contributed by atoms with van der Waals surface area (Å²) in [5, 5.41) is 30.5. The molecule has 0 atom stereocenters. The summed E-state index contributed by atoms with van der Waals surface area (Å²) in [5.41, 5.74) is -0.946. The lowest BCUT2D eigenvalue weighted by molar-refractivity contribution is -0.384. The fourth-order valence-corrected chi connectivity index (χ4v) is 7.04. The zero-order valence-corrected chi connectivity index (χ0v) is 28.9. The van der Waals surface area contributed by atoms with Crippen LogP contribution in [0.4, 0.5) is 16.4 Å². The molecule has 22 nitrogen and oxygen atoms in total. The first-order valence-corrected chi connectivity index (χ1v) is 17.5. The molecule has 5 aromatic rings. The van der Waals surface area contributed by atoms with E-state index in [1.54, 1.807) is 18.2 Å². The van der Waals surface area contributed by atoms with E-state index in [-0.39, 0.29) is 46.1 Å². The molecule has 0 unspecified atom stereocenters. The monoisotopic (exact) mass is 790 g/mol. The number of nitrogens with one attached hydrogen (secondary N) is 3. The number of H-pyrrole nitrogens is 1. The van der Waals surface area contributed by atoms with E-state index < -0.39 is 74.7 Å². The average Bonchev–Trinajstić information content (AvgIpc) is 3.87. The molecule has 0 fully saturated rings. The molecule has 0 aliphatic carbocycles. The van der Waals surface area contributed by atoms with Crippen LogP contribution in [-0.2, 0) is 37.5 Å². The van der Waals surface area contributed by atoms with Gasteiger partial charge in [-0.3, -0.25) is 34.8 Å². The highest BCUT2D eigenvalue weighted by molar-refractivity contribution is 7.91. The summed E-state index contributed by atoms with van der Waals surface area (Å²) in [4.78, 5) is 72.0. The summed E-state index contributed by atoms with van der Waals surface area (Å²) in [6, 6.07) is 8.70. The molecular weight excluding hydrogens is 768 g/mol. The fourth-order valence-electron chi connectivity index (χ4n) is 4.78. The lowest BCUT2D eigenvalue weighted by atomic mass is 10.2. The van der Waals surface area contributed by atoms with Gasteiger partial charge >= 0.3 is 12.1 Å². The number of aromatic nitrogens is 6. The number of halogens is 1. The van der Waals surface area contributed by atoms with Crippen LogP contribution in [0.2, 0.25) is 5.02 Å². The van der Waals surface area contributed by atoms with Gasteiger partial charge in [0.05, 0.1) is 16.8 Å². The number of hydrogen-bond acceptors (Lipinski definition) is 16. The summed E-state index contributed by atoms with van der Waals surface area (Å²) in [6.07, 6.45) is 0.130. The SMILES string of the molecule is O=C(O)CN(CCNS(=O)(=O)c1nnc(-c2ccc(Cl)cc2[N+](=O)[O-])s1)C(=O)Cn1cnc2c(=O)[nH]c(NC(=O)OCc3ccc4c(c3)OCO4)nc21. The Hall–Kier alpha value is -6.24. The number of carbonyl (C=O) groups is 3. The predicted octanol–water partition coefficient (Wildman–Crippen LogP) is 1.57. The number of aromatic amines is 1. The third-order valence-corrected chi connectivity index (χ3v) is 10.2. The van der Waals surface area contributed by atoms with Gasteiger partial charge in [0.25, 0.3) is 21.3 Å². The van der Waals surface area contributed by atoms with Crippen molar-refractivity contribution in [3.8, 4) is 22.1 Å². The minimum atomic E-state index is -4.36. The molecule has 53 heavy (non-hydrogen) atoms. The number of carboxylic acid groups (broad SMARTS) is 1. The highest BCUT2D eigenvalue weighted by Crippen LogP contribution is 2.35. The topological polar surface area (TPSA) is 293 Å². The van der Waals surface area contributed by atoms with Gasteiger partial charge < -0.3 is 28.8 Å². The van der Waals surface area contributed by atoms with Gasteiger partial charge in [0, 0.05) is 24.2 Å². The second-order valence-electron chi connectivity index (χ2n) is 10.7. The van der Waals surface area contributed by atoms with Gasteiger partial charge in [-0.2, -0.15) is 4.98 Å². The molecule has 0 radical (unpaired) electrons. The Kier molecular flexibility index (Phi) is 10.5. The number of ether oxygens (including phenoxy) is 3. The van der Waals surface area contributed by atoms with E-state index in [4.69, 9.17) is 25.8 Å². The highest BCUT2D eigenvalue weighted by atomic mass is 35.5. The van der Waals surface area contributed by atoms with E-state index in [9.17, 15) is 42.8 Å². The molecule has 276 valence electrons. The van der Waals surface area contributed by atoms with Crippen LogP contribution in [0.25, 0.3) is 21.7 Å². The number of imidazole rings is 1. The predicted molar refractivity (Wildman–Crippen MR) is 181 cm³/mol. The normalized spacial score (nSPS) is 12.1. The first-order chi connectivity index (χ1) is 25.3. The molecule has 4 heterocycles. The fraction of sp³-hybridized carbons (Fsp3) is 0.214. The number of nitrogens with zero attached hydrogens (tertiary/aromatic N) is 7. The summed E-state index contributed by atoms with van der Waals surface area (Å²) in [5.74, 6) is -1.53. The van der Waals surface area contributed by atoms with E-state index in [1.807, 2.05) is 0 Å². The van der Waals surface area contributed by atoms with Crippen LogP contribution in [-0.4, -0.2) is 97.5 Å². The molecule has 0 bridgehead atoms. The van der Waals surface area contributed by atoms with Gasteiger partial charge in [-0.05, 0) is 29.8 Å². The summed E-state index contributed by atoms with van der Waals surface area (Å²) >= 11 is 6.38. The number of carbonyl (C=O) groups excluding carboxylic acids is 2. The van der Waals surface area contributed by atoms with Crippen molar-refractivity contribution in [1.29, 1.82) is 0 Å². The number of hydrogen-bond donors (Lipinski definition) is 4. The van der Waals surface area contributed by atoms with E-state index in [0.29, 0.717) is 28.4 Å². The Bertz CT molecular complexity index is 2430. The molecule has 6 rings (SSSR count). The third-order valence-electron chi connectivity index (χ3n) is 7.18. The van der Waals surface area contributed by atoms with Crippen LogP contribution >= 0.6 is 22.9 Å². The molecule has 1 aliphatic rings. The maximum absolute atomic E-state index is 13.3. The quantitative estimate of drug-likeness (QED) is 0.0917. The molecule has 0 spiro atoms. The van der Waals surface area contributed by atoms with Crippen molar-refractivity contribution in [3.05, 3.63) is 73.8 Å². The highest BCUT2D eigenvalue weighted by Gasteiger charge is 2.26. The number of sulfonamides is 1. The maximum Gasteiger partial charge on any atom is 0.414 e. The number of rotatable bonds is 14. The molecular formula is C28H23ClN10O12S2. The molecule has 0 saturated heterocycles. The van der Waals surface area contributed by atoms with Crippen LogP contribution in [0.1, 0.15) is 5.56 Å².